The Morgan fingerprint density at radius 3 is 3.00 bits per heavy atom. The van der Waals surface area contributed by atoms with Gasteiger partial charge in [0.05, 0.1) is 11.8 Å². The minimum atomic E-state index is -0.0617. The largest absolute Gasteiger partial charge is 0.378 e. The average Bonchev–Trinajstić information content (AvgIpc) is 3.21. The van der Waals surface area contributed by atoms with Crippen LogP contribution < -0.4 is 10.9 Å². The predicted molar refractivity (Wildman–Crippen MR) is 72.0 cm³/mol. The van der Waals surface area contributed by atoms with E-state index in [1.807, 2.05) is 0 Å². The molecule has 5 heteroatoms. The van der Waals surface area contributed by atoms with Crippen molar-refractivity contribution in [3.63, 3.8) is 0 Å². The summed E-state index contributed by atoms with van der Waals surface area (Å²) >= 11 is 0. The van der Waals surface area contributed by atoms with Gasteiger partial charge in [-0.15, -0.1) is 0 Å². The zero-order valence-corrected chi connectivity index (χ0v) is 11.2. The minimum absolute atomic E-state index is 0.0617. The lowest BCUT2D eigenvalue weighted by Crippen LogP contribution is -2.25. The lowest BCUT2D eigenvalue weighted by molar-refractivity contribution is 0.0156. The van der Waals surface area contributed by atoms with Crippen LogP contribution in [0.25, 0.3) is 0 Å². The predicted octanol–water partition coefficient (Wildman–Crippen LogP) is 1.13. The number of ether oxygens (including phenoxy) is 1. The maximum atomic E-state index is 11.6. The summed E-state index contributed by atoms with van der Waals surface area (Å²) in [5.41, 5.74) is 0.773. The molecule has 0 aromatic carbocycles. The zero-order chi connectivity index (χ0) is 13.1. The molecule has 2 heterocycles. The molecule has 0 spiro atoms. The Kier molecular flexibility index (Phi) is 3.94. The third-order valence-corrected chi connectivity index (χ3v) is 3.69. The number of hydrogen-bond donors (Lipinski definition) is 2. The normalized spacial score (nSPS) is 23.5. The van der Waals surface area contributed by atoms with Gasteiger partial charge in [0, 0.05) is 31.7 Å². The van der Waals surface area contributed by atoms with Crippen LogP contribution in [0.5, 0.6) is 0 Å². The molecular formula is C14H21N3O2. The van der Waals surface area contributed by atoms with E-state index in [9.17, 15) is 4.79 Å². The molecular weight excluding hydrogens is 242 g/mol. The van der Waals surface area contributed by atoms with Gasteiger partial charge in [0.25, 0.3) is 5.56 Å². The number of aromatic nitrogens is 2. The first-order chi connectivity index (χ1) is 9.29. The van der Waals surface area contributed by atoms with E-state index in [1.54, 1.807) is 6.07 Å². The molecule has 1 atom stereocenters. The Morgan fingerprint density at radius 2 is 2.26 bits per heavy atom. The highest BCUT2D eigenvalue weighted by atomic mass is 16.5. The van der Waals surface area contributed by atoms with E-state index in [-0.39, 0.29) is 11.7 Å². The van der Waals surface area contributed by atoms with Crippen LogP contribution >= 0.6 is 0 Å². The third-order valence-electron chi connectivity index (χ3n) is 3.69. The Hall–Kier alpha value is -1.20. The Bertz CT molecular complexity index is 476. The van der Waals surface area contributed by atoms with Crippen molar-refractivity contribution in [2.75, 3.05) is 6.61 Å². The third kappa shape index (κ3) is 3.88. The van der Waals surface area contributed by atoms with Crippen molar-refractivity contribution in [3.8, 4) is 0 Å². The Labute approximate surface area is 112 Å². The highest BCUT2D eigenvalue weighted by molar-refractivity contribution is 5.04. The number of nitrogens with one attached hydrogen (secondary N) is 2. The van der Waals surface area contributed by atoms with Gasteiger partial charge in [-0.2, -0.15) is 0 Å². The topological polar surface area (TPSA) is 67.0 Å². The molecule has 1 aliphatic heterocycles. The summed E-state index contributed by atoms with van der Waals surface area (Å²) in [7, 11) is 0. The van der Waals surface area contributed by atoms with Crippen molar-refractivity contribution in [2.45, 2.75) is 57.2 Å². The van der Waals surface area contributed by atoms with E-state index >= 15 is 0 Å². The molecule has 2 aliphatic rings. The van der Waals surface area contributed by atoms with Crippen LogP contribution in [0.1, 0.15) is 43.6 Å². The monoisotopic (exact) mass is 263 g/mol. The van der Waals surface area contributed by atoms with Crippen LogP contribution in [0.4, 0.5) is 0 Å². The van der Waals surface area contributed by atoms with Gasteiger partial charge < -0.3 is 15.0 Å². The van der Waals surface area contributed by atoms with Gasteiger partial charge in [-0.3, -0.25) is 4.79 Å². The van der Waals surface area contributed by atoms with Crippen LogP contribution in [-0.4, -0.2) is 28.7 Å². The first-order valence-corrected chi connectivity index (χ1v) is 7.24. The van der Waals surface area contributed by atoms with Crippen molar-refractivity contribution < 1.29 is 4.74 Å². The van der Waals surface area contributed by atoms with E-state index in [2.05, 4.69) is 15.3 Å². The molecule has 104 valence electrons. The summed E-state index contributed by atoms with van der Waals surface area (Å²) in [6.45, 7) is 1.52. The number of aromatic amines is 1. The molecule has 1 aromatic heterocycles. The van der Waals surface area contributed by atoms with Crippen molar-refractivity contribution in [1.29, 1.82) is 0 Å². The summed E-state index contributed by atoms with van der Waals surface area (Å²) in [5.74, 6) is 0.756. The molecule has 5 nitrogen and oxygen atoms in total. The van der Waals surface area contributed by atoms with Crippen molar-refractivity contribution >= 4 is 0 Å². The van der Waals surface area contributed by atoms with E-state index in [4.69, 9.17) is 4.74 Å². The number of H-pyrrole nitrogens is 1. The molecule has 1 aliphatic carbocycles. The molecule has 2 N–H and O–H groups in total. The maximum absolute atomic E-state index is 11.6. The molecule has 0 bridgehead atoms. The van der Waals surface area contributed by atoms with Crippen LogP contribution in [0, 0.1) is 0 Å². The number of nitrogens with zero attached hydrogens (tertiary/aromatic N) is 1. The van der Waals surface area contributed by atoms with E-state index in [0.717, 1.165) is 31.0 Å². The van der Waals surface area contributed by atoms with Gasteiger partial charge >= 0.3 is 0 Å². The SMILES string of the molecule is O=c1cc(CNC2CC2)nc(CC2CCCCO2)[nH]1. The van der Waals surface area contributed by atoms with Gasteiger partial charge in [0.15, 0.2) is 0 Å². The summed E-state index contributed by atoms with van der Waals surface area (Å²) in [5, 5.41) is 3.38. The highest BCUT2D eigenvalue weighted by Gasteiger charge is 2.20. The summed E-state index contributed by atoms with van der Waals surface area (Å²) < 4.78 is 5.69. The molecule has 19 heavy (non-hydrogen) atoms. The lowest BCUT2D eigenvalue weighted by atomic mass is 10.1. The lowest BCUT2D eigenvalue weighted by Gasteiger charge is -2.22. The Balaban J connectivity index is 1.63. The number of rotatable bonds is 5. The smallest absolute Gasteiger partial charge is 0.251 e. The molecule has 0 amide bonds. The van der Waals surface area contributed by atoms with E-state index in [0.29, 0.717) is 19.0 Å². The van der Waals surface area contributed by atoms with Gasteiger partial charge in [-0.1, -0.05) is 0 Å². The summed E-state index contributed by atoms with van der Waals surface area (Å²) in [6, 6.07) is 2.21. The zero-order valence-electron chi connectivity index (χ0n) is 11.2. The van der Waals surface area contributed by atoms with Gasteiger partial charge in [0.1, 0.15) is 5.82 Å². The summed E-state index contributed by atoms with van der Waals surface area (Å²) in [6.07, 6.45) is 6.83. The van der Waals surface area contributed by atoms with Crippen molar-refractivity contribution in [3.05, 3.63) is 27.9 Å². The quantitative estimate of drug-likeness (QED) is 0.836. The van der Waals surface area contributed by atoms with E-state index < -0.39 is 0 Å². The fraction of sp³-hybridized carbons (Fsp3) is 0.714. The fourth-order valence-electron chi connectivity index (χ4n) is 2.47. The second-order valence-electron chi connectivity index (χ2n) is 5.53. The van der Waals surface area contributed by atoms with Crippen molar-refractivity contribution in [1.82, 2.24) is 15.3 Å². The molecule has 2 fully saturated rings. The number of hydrogen-bond acceptors (Lipinski definition) is 4. The van der Waals surface area contributed by atoms with E-state index in [1.165, 1.54) is 19.3 Å². The van der Waals surface area contributed by atoms with Crippen LogP contribution in [0.3, 0.4) is 0 Å². The molecule has 0 radical (unpaired) electrons. The summed E-state index contributed by atoms with van der Waals surface area (Å²) in [4.78, 5) is 19.0. The van der Waals surface area contributed by atoms with Crippen LogP contribution in [-0.2, 0) is 17.7 Å². The molecule has 1 aromatic rings. The van der Waals surface area contributed by atoms with Crippen LogP contribution in [0.2, 0.25) is 0 Å². The van der Waals surface area contributed by atoms with Gasteiger partial charge in [-0.05, 0) is 32.1 Å². The molecule has 3 rings (SSSR count). The molecule has 1 saturated carbocycles. The maximum Gasteiger partial charge on any atom is 0.251 e. The van der Waals surface area contributed by atoms with Crippen LogP contribution in [0.15, 0.2) is 10.9 Å². The fourth-order valence-corrected chi connectivity index (χ4v) is 2.47. The van der Waals surface area contributed by atoms with Gasteiger partial charge in [0.2, 0.25) is 0 Å². The first-order valence-electron chi connectivity index (χ1n) is 7.24. The van der Waals surface area contributed by atoms with Gasteiger partial charge in [-0.25, -0.2) is 4.98 Å². The Morgan fingerprint density at radius 1 is 1.37 bits per heavy atom. The highest BCUT2D eigenvalue weighted by Crippen LogP contribution is 2.19. The standard InChI is InChI=1S/C14H21N3O2/c18-14-7-11(9-15-10-4-5-10)16-13(17-14)8-12-3-1-2-6-19-12/h7,10,12,15H,1-6,8-9H2,(H,16,17,18). The second kappa shape index (κ2) is 5.84. The van der Waals surface area contributed by atoms with Crippen molar-refractivity contribution in [2.24, 2.45) is 0 Å². The minimum Gasteiger partial charge on any atom is -0.378 e. The first kappa shape index (κ1) is 12.8. The molecule has 1 saturated heterocycles. The second-order valence-corrected chi connectivity index (χ2v) is 5.53. The molecule has 1 unspecified atom stereocenters. The average molecular weight is 263 g/mol.